The van der Waals surface area contributed by atoms with Gasteiger partial charge in [0.1, 0.15) is 12.1 Å². The number of carboxylic acid groups (broad SMARTS) is 1. The summed E-state index contributed by atoms with van der Waals surface area (Å²) in [5.74, 6) is -0.179. The molecular weight excluding hydrogens is 401 g/mol. The average Bonchev–Trinajstić information content (AvgIpc) is 3.14. The van der Waals surface area contributed by atoms with Crippen LogP contribution in [0, 0.1) is 12.7 Å². The van der Waals surface area contributed by atoms with Crippen molar-refractivity contribution in [3.63, 3.8) is 0 Å². The Balaban J connectivity index is 1.66. The van der Waals surface area contributed by atoms with Crippen LogP contribution in [0.2, 0.25) is 0 Å². The fraction of sp³-hybridized carbons (Fsp3) is 0.261. The standard InChI is InChI=1S/C23H22FN3O4/c1-13-8-16-17(27-13)6-5-14(23(16)24)9-18-15-10-20(30-2)21(11-19(15)26-12-25-18)31-7-3-4-22(28)29/h5-6,8,10-12,27H,3-4,7,9H2,1-2H3,(H,28,29). The van der Waals surface area contributed by atoms with E-state index in [2.05, 4.69) is 15.0 Å². The maximum absolute atomic E-state index is 15.1. The van der Waals surface area contributed by atoms with Crippen LogP contribution in [-0.2, 0) is 11.2 Å². The number of hydrogen-bond donors (Lipinski definition) is 2. The van der Waals surface area contributed by atoms with E-state index in [4.69, 9.17) is 14.6 Å². The zero-order chi connectivity index (χ0) is 22.0. The Morgan fingerprint density at radius 2 is 2.00 bits per heavy atom. The lowest BCUT2D eigenvalue weighted by Gasteiger charge is -2.13. The largest absolute Gasteiger partial charge is 0.493 e. The number of halogens is 1. The minimum atomic E-state index is -0.869. The van der Waals surface area contributed by atoms with E-state index in [9.17, 15) is 4.79 Å². The van der Waals surface area contributed by atoms with Gasteiger partial charge in [-0.15, -0.1) is 0 Å². The molecular formula is C23H22FN3O4. The number of aryl methyl sites for hydroxylation is 1. The number of aliphatic carboxylic acids is 1. The van der Waals surface area contributed by atoms with E-state index in [-0.39, 0.29) is 18.8 Å². The van der Waals surface area contributed by atoms with E-state index in [1.807, 2.05) is 13.0 Å². The maximum Gasteiger partial charge on any atom is 0.303 e. The molecule has 0 saturated heterocycles. The summed E-state index contributed by atoms with van der Waals surface area (Å²) in [5, 5.41) is 10.1. The van der Waals surface area contributed by atoms with E-state index >= 15 is 4.39 Å². The van der Waals surface area contributed by atoms with Crippen LogP contribution in [0.3, 0.4) is 0 Å². The van der Waals surface area contributed by atoms with E-state index in [1.54, 1.807) is 24.3 Å². The predicted octanol–water partition coefficient (Wildman–Crippen LogP) is 4.40. The van der Waals surface area contributed by atoms with Crippen molar-refractivity contribution < 1.29 is 23.8 Å². The van der Waals surface area contributed by atoms with Gasteiger partial charge in [-0.05, 0) is 37.1 Å². The zero-order valence-corrected chi connectivity index (χ0v) is 17.2. The molecule has 2 aromatic heterocycles. The third-order valence-electron chi connectivity index (χ3n) is 5.11. The highest BCUT2D eigenvalue weighted by molar-refractivity contribution is 5.85. The van der Waals surface area contributed by atoms with Crippen molar-refractivity contribution in [2.45, 2.75) is 26.2 Å². The number of carboxylic acids is 1. The summed E-state index contributed by atoms with van der Waals surface area (Å²) in [4.78, 5) is 22.5. The Hall–Kier alpha value is -3.68. The summed E-state index contributed by atoms with van der Waals surface area (Å²) in [5.41, 5.74) is 3.51. The molecule has 160 valence electrons. The van der Waals surface area contributed by atoms with Crippen LogP contribution in [-0.4, -0.2) is 39.7 Å². The van der Waals surface area contributed by atoms with Gasteiger partial charge in [-0.3, -0.25) is 4.79 Å². The van der Waals surface area contributed by atoms with Crippen LogP contribution in [0.5, 0.6) is 11.5 Å². The SMILES string of the molecule is COc1cc2c(Cc3ccc4[nH]c(C)cc4c3F)ncnc2cc1OCCCC(=O)O. The number of benzene rings is 2. The normalized spacial score (nSPS) is 11.2. The molecule has 0 radical (unpaired) electrons. The zero-order valence-electron chi connectivity index (χ0n) is 17.2. The van der Waals surface area contributed by atoms with Crippen LogP contribution in [0.1, 0.15) is 29.8 Å². The Bertz CT molecular complexity index is 1270. The van der Waals surface area contributed by atoms with Crippen molar-refractivity contribution in [3.8, 4) is 11.5 Å². The molecule has 2 N–H and O–H groups in total. The molecule has 0 fully saturated rings. The van der Waals surface area contributed by atoms with E-state index < -0.39 is 5.97 Å². The van der Waals surface area contributed by atoms with Crippen LogP contribution < -0.4 is 9.47 Å². The number of carbonyl (C=O) groups is 1. The van der Waals surface area contributed by atoms with Crippen LogP contribution in [0.4, 0.5) is 4.39 Å². The highest BCUT2D eigenvalue weighted by atomic mass is 19.1. The first-order chi connectivity index (χ1) is 15.0. The number of rotatable bonds is 8. The summed E-state index contributed by atoms with van der Waals surface area (Å²) in [6, 6.07) is 8.93. The topological polar surface area (TPSA) is 97.3 Å². The molecule has 0 bridgehead atoms. The number of aromatic nitrogens is 3. The molecule has 0 unspecified atom stereocenters. The number of methoxy groups -OCH3 is 1. The van der Waals surface area contributed by atoms with Crippen LogP contribution >= 0.6 is 0 Å². The first-order valence-corrected chi connectivity index (χ1v) is 9.89. The van der Waals surface area contributed by atoms with Gasteiger partial charge in [-0.1, -0.05) is 6.07 Å². The van der Waals surface area contributed by atoms with Crippen molar-refractivity contribution in [2.75, 3.05) is 13.7 Å². The van der Waals surface area contributed by atoms with Crippen molar-refractivity contribution in [3.05, 3.63) is 59.4 Å². The molecule has 0 aliphatic carbocycles. The number of hydrogen-bond acceptors (Lipinski definition) is 5. The summed E-state index contributed by atoms with van der Waals surface area (Å²) in [6.45, 7) is 2.14. The predicted molar refractivity (Wildman–Crippen MR) is 114 cm³/mol. The number of H-pyrrole nitrogens is 1. The molecule has 2 aromatic carbocycles. The fourth-order valence-electron chi connectivity index (χ4n) is 3.61. The average molecular weight is 423 g/mol. The number of ether oxygens (including phenoxy) is 2. The Kier molecular flexibility index (Phi) is 5.70. The van der Waals surface area contributed by atoms with Gasteiger partial charge in [0.2, 0.25) is 0 Å². The molecule has 4 rings (SSSR count). The molecule has 2 heterocycles. The molecule has 0 spiro atoms. The monoisotopic (exact) mass is 423 g/mol. The van der Waals surface area contributed by atoms with Crippen molar-refractivity contribution >= 4 is 27.8 Å². The van der Waals surface area contributed by atoms with Crippen LogP contribution in [0.15, 0.2) is 36.7 Å². The van der Waals surface area contributed by atoms with Gasteiger partial charge < -0.3 is 19.6 Å². The number of nitrogens with zero attached hydrogens (tertiary/aromatic N) is 2. The lowest BCUT2D eigenvalue weighted by molar-refractivity contribution is -0.137. The molecule has 0 saturated carbocycles. The summed E-state index contributed by atoms with van der Waals surface area (Å²) in [6.07, 6.45) is 2.15. The second kappa shape index (κ2) is 8.59. The van der Waals surface area contributed by atoms with E-state index in [1.165, 1.54) is 13.4 Å². The van der Waals surface area contributed by atoms with Crippen molar-refractivity contribution in [2.24, 2.45) is 0 Å². The van der Waals surface area contributed by atoms with Gasteiger partial charge in [-0.2, -0.15) is 0 Å². The molecule has 0 atom stereocenters. The first kappa shape index (κ1) is 20.6. The second-order valence-electron chi connectivity index (χ2n) is 7.32. The minimum Gasteiger partial charge on any atom is -0.493 e. The Morgan fingerprint density at radius 1 is 1.16 bits per heavy atom. The van der Waals surface area contributed by atoms with Gasteiger partial charge in [0, 0.05) is 40.9 Å². The highest BCUT2D eigenvalue weighted by Gasteiger charge is 2.15. The summed E-state index contributed by atoms with van der Waals surface area (Å²) in [7, 11) is 1.52. The number of nitrogens with one attached hydrogen (secondary N) is 1. The Morgan fingerprint density at radius 3 is 2.77 bits per heavy atom. The lowest BCUT2D eigenvalue weighted by Crippen LogP contribution is -2.04. The van der Waals surface area contributed by atoms with Crippen molar-refractivity contribution in [1.82, 2.24) is 15.0 Å². The molecule has 8 heteroatoms. The van der Waals surface area contributed by atoms with Crippen LogP contribution in [0.25, 0.3) is 21.8 Å². The maximum atomic E-state index is 15.1. The Labute approximate surface area is 177 Å². The quantitative estimate of drug-likeness (QED) is 0.408. The van der Waals surface area contributed by atoms with Gasteiger partial charge in [0.05, 0.1) is 24.9 Å². The highest BCUT2D eigenvalue weighted by Crippen LogP contribution is 2.33. The van der Waals surface area contributed by atoms with Gasteiger partial charge in [0.25, 0.3) is 0 Å². The smallest absolute Gasteiger partial charge is 0.303 e. The van der Waals surface area contributed by atoms with E-state index in [0.29, 0.717) is 46.5 Å². The van der Waals surface area contributed by atoms with E-state index in [0.717, 1.165) is 16.6 Å². The molecule has 4 aromatic rings. The number of fused-ring (bicyclic) bond motifs is 2. The molecule has 0 aliphatic heterocycles. The molecule has 31 heavy (non-hydrogen) atoms. The summed E-state index contributed by atoms with van der Waals surface area (Å²) >= 11 is 0. The van der Waals surface area contributed by atoms with Crippen molar-refractivity contribution in [1.29, 1.82) is 0 Å². The van der Waals surface area contributed by atoms with Gasteiger partial charge >= 0.3 is 5.97 Å². The molecule has 0 aliphatic rings. The van der Waals surface area contributed by atoms with Gasteiger partial charge in [-0.25, -0.2) is 14.4 Å². The molecule has 7 nitrogen and oxygen atoms in total. The lowest BCUT2D eigenvalue weighted by atomic mass is 10.0. The number of aromatic amines is 1. The first-order valence-electron chi connectivity index (χ1n) is 9.89. The third-order valence-corrected chi connectivity index (χ3v) is 5.11. The van der Waals surface area contributed by atoms with Gasteiger partial charge in [0.15, 0.2) is 11.5 Å². The summed E-state index contributed by atoms with van der Waals surface area (Å²) < 4.78 is 26.2. The minimum absolute atomic E-state index is 0.0266. The molecule has 0 amide bonds. The second-order valence-corrected chi connectivity index (χ2v) is 7.32. The fourth-order valence-corrected chi connectivity index (χ4v) is 3.61. The third kappa shape index (κ3) is 4.28.